The zero-order valence-corrected chi connectivity index (χ0v) is 10.7. The lowest BCUT2D eigenvalue weighted by molar-refractivity contribution is -0.111. The first-order valence-electron chi connectivity index (χ1n) is 5.65. The summed E-state index contributed by atoms with van der Waals surface area (Å²) < 4.78 is 6.61. The van der Waals surface area contributed by atoms with Gasteiger partial charge >= 0.3 is 0 Å². The molecule has 2 heterocycles. The quantitative estimate of drug-likeness (QED) is 0.843. The van der Waals surface area contributed by atoms with E-state index < -0.39 is 0 Å². The van der Waals surface area contributed by atoms with Crippen LogP contribution in [0.5, 0.6) is 5.88 Å². The van der Waals surface area contributed by atoms with E-state index >= 15 is 0 Å². The van der Waals surface area contributed by atoms with Crippen molar-refractivity contribution in [3.05, 3.63) is 42.4 Å². The van der Waals surface area contributed by atoms with Crippen molar-refractivity contribution < 1.29 is 9.53 Å². The Hall–Kier alpha value is -2.63. The van der Waals surface area contributed by atoms with Crippen molar-refractivity contribution in [1.29, 1.82) is 0 Å². The molecule has 2 aromatic rings. The minimum Gasteiger partial charge on any atom is -0.481 e. The van der Waals surface area contributed by atoms with Gasteiger partial charge in [0.05, 0.1) is 25.2 Å². The molecule has 2 rings (SSSR count). The highest BCUT2D eigenvalue weighted by Crippen LogP contribution is 2.11. The van der Waals surface area contributed by atoms with Gasteiger partial charge in [0.15, 0.2) is 0 Å². The Bertz CT molecular complexity index is 587. The number of aromatic nitrogens is 3. The molecule has 0 aromatic carbocycles. The number of carbonyl (C=O) groups is 1. The average molecular weight is 258 g/mol. The summed E-state index contributed by atoms with van der Waals surface area (Å²) in [5.41, 5.74) is 1.48. The van der Waals surface area contributed by atoms with Crippen LogP contribution in [0.15, 0.2) is 36.8 Å². The molecular formula is C13H14N4O2. The molecule has 19 heavy (non-hydrogen) atoms. The summed E-state index contributed by atoms with van der Waals surface area (Å²) in [5.74, 6) is 0.278. The van der Waals surface area contributed by atoms with Crippen LogP contribution in [0.2, 0.25) is 0 Å². The summed E-state index contributed by atoms with van der Waals surface area (Å²) in [6.07, 6.45) is 8.17. The Balaban J connectivity index is 1.95. The summed E-state index contributed by atoms with van der Waals surface area (Å²) >= 11 is 0. The Kier molecular flexibility index (Phi) is 3.92. The monoisotopic (exact) mass is 258 g/mol. The van der Waals surface area contributed by atoms with Crippen molar-refractivity contribution in [2.45, 2.75) is 0 Å². The molecule has 0 aliphatic carbocycles. The van der Waals surface area contributed by atoms with Gasteiger partial charge in [0.25, 0.3) is 0 Å². The second-order valence-electron chi connectivity index (χ2n) is 3.86. The molecule has 6 heteroatoms. The molecule has 6 nitrogen and oxygen atoms in total. The van der Waals surface area contributed by atoms with Crippen LogP contribution in [0.25, 0.3) is 6.08 Å². The maximum atomic E-state index is 11.7. The van der Waals surface area contributed by atoms with E-state index in [1.165, 1.54) is 19.4 Å². The van der Waals surface area contributed by atoms with E-state index in [2.05, 4.69) is 15.4 Å². The molecular weight excluding hydrogens is 244 g/mol. The van der Waals surface area contributed by atoms with Crippen molar-refractivity contribution in [1.82, 2.24) is 14.8 Å². The molecule has 0 spiro atoms. The lowest BCUT2D eigenvalue weighted by Gasteiger charge is -2.02. The fraction of sp³-hybridized carbons (Fsp3) is 0.154. The topological polar surface area (TPSA) is 69.0 Å². The van der Waals surface area contributed by atoms with Crippen molar-refractivity contribution in [2.24, 2.45) is 7.05 Å². The van der Waals surface area contributed by atoms with E-state index in [0.29, 0.717) is 11.6 Å². The molecule has 0 unspecified atom stereocenters. The highest BCUT2D eigenvalue weighted by Gasteiger charge is 1.99. The maximum absolute atomic E-state index is 11.7. The van der Waals surface area contributed by atoms with Crippen LogP contribution in [0, 0.1) is 0 Å². The summed E-state index contributed by atoms with van der Waals surface area (Å²) in [5, 5.41) is 6.71. The summed E-state index contributed by atoms with van der Waals surface area (Å²) in [7, 11) is 3.36. The summed E-state index contributed by atoms with van der Waals surface area (Å²) in [4.78, 5) is 15.7. The third-order valence-corrected chi connectivity index (χ3v) is 2.37. The molecule has 0 saturated heterocycles. The number of hydrogen-bond donors (Lipinski definition) is 1. The number of aryl methyl sites for hydroxylation is 1. The van der Waals surface area contributed by atoms with Gasteiger partial charge in [-0.25, -0.2) is 4.98 Å². The minimum atomic E-state index is -0.226. The lowest BCUT2D eigenvalue weighted by Crippen LogP contribution is -2.07. The smallest absolute Gasteiger partial charge is 0.248 e. The van der Waals surface area contributed by atoms with E-state index in [1.807, 2.05) is 13.2 Å². The largest absolute Gasteiger partial charge is 0.481 e. The van der Waals surface area contributed by atoms with Gasteiger partial charge < -0.3 is 10.1 Å². The first kappa shape index (κ1) is 12.8. The first-order chi connectivity index (χ1) is 9.17. The fourth-order valence-electron chi connectivity index (χ4n) is 1.46. The van der Waals surface area contributed by atoms with Crippen LogP contribution < -0.4 is 10.1 Å². The zero-order valence-electron chi connectivity index (χ0n) is 10.7. The molecule has 0 radical (unpaired) electrons. The van der Waals surface area contributed by atoms with Crippen LogP contribution in [0.4, 0.5) is 5.69 Å². The number of nitrogens with one attached hydrogen (secondary N) is 1. The maximum Gasteiger partial charge on any atom is 0.248 e. The van der Waals surface area contributed by atoms with Gasteiger partial charge in [0.2, 0.25) is 11.8 Å². The van der Waals surface area contributed by atoms with Gasteiger partial charge in [-0.15, -0.1) is 0 Å². The van der Waals surface area contributed by atoms with Gasteiger partial charge in [0.1, 0.15) is 0 Å². The van der Waals surface area contributed by atoms with Crippen LogP contribution in [0.1, 0.15) is 5.56 Å². The average Bonchev–Trinajstić information content (AvgIpc) is 2.83. The zero-order chi connectivity index (χ0) is 13.7. The Morgan fingerprint density at radius 1 is 1.42 bits per heavy atom. The summed E-state index contributed by atoms with van der Waals surface area (Å²) in [6, 6.07) is 3.40. The molecule has 1 N–H and O–H groups in total. The molecule has 0 fully saturated rings. The Morgan fingerprint density at radius 3 is 2.84 bits per heavy atom. The molecule has 0 atom stereocenters. The van der Waals surface area contributed by atoms with Crippen molar-refractivity contribution in [2.75, 3.05) is 12.4 Å². The third-order valence-electron chi connectivity index (χ3n) is 2.37. The van der Waals surface area contributed by atoms with E-state index in [4.69, 9.17) is 4.74 Å². The third kappa shape index (κ3) is 3.67. The van der Waals surface area contributed by atoms with Crippen LogP contribution >= 0.6 is 0 Å². The molecule has 0 aliphatic heterocycles. The highest BCUT2D eigenvalue weighted by molar-refractivity contribution is 6.01. The van der Waals surface area contributed by atoms with Gasteiger partial charge in [-0.1, -0.05) is 0 Å². The number of hydrogen-bond acceptors (Lipinski definition) is 4. The predicted molar refractivity (Wildman–Crippen MR) is 71.7 cm³/mol. The number of pyridine rings is 1. The number of anilines is 1. The van der Waals surface area contributed by atoms with E-state index in [0.717, 1.165) is 5.56 Å². The summed E-state index contributed by atoms with van der Waals surface area (Å²) in [6.45, 7) is 0. The van der Waals surface area contributed by atoms with E-state index in [-0.39, 0.29) is 5.91 Å². The standard InChI is InChI=1S/C13H14N4O2/c1-17-9-10(7-15-17)3-5-12(18)16-11-4-6-13(19-2)14-8-11/h3-9H,1-2H3,(H,16,18)/b5-3+. The second-order valence-corrected chi connectivity index (χ2v) is 3.86. The molecule has 0 bridgehead atoms. The molecule has 98 valence electrons. The second kappa shape index (κ2) is 5.81. The SMILES string of the molecule is COc1ccc(NC(=O)/C=C/c2cnn(C)c2)cn1. The molecule has 1 amide bonds. The fourth-order valence-corrected chi connectivity index (χ4v) is 1.46. The number of methoxy groups -OCH3 is 1. The minimum absolute atomic E-state index is 0.226. The normalized spacial score (nSPS) is 10.6. The van der Waals surface area contributed by atoms with Crippen molar-refractivity contribution in [3.63, 3.8) is 0 Å². The van der Waals surface area contributed by atoms with E-state index in [1.54, 1.807) is 29.1 Å². The van der Waals surface area contributed by atoms with Gasteiger partial charge in [-0.3, -0.25) is 9.48 Å². The van der Waals surface area contributed by atoms with Gasteiger partial charge in [0, 0.05) is 31.0 Å². The van der Waals surface area contributed by atoms with Crippen LogP contribution in [-0.4, -0.2) is 27.8 Å². The highest BCUT2D eigenvalue weighted by atomic mass is 16.5. The number of amides is 1. The van der Waals surface area contributed by atoms with E-state index in [9.17, 15) is 4.79 Å². The molecule has 0 aliphatic rings. The molecule has 0 saturated carbocycles. The number of ether oxygens (including phenoxy) is 1. The van der Waals surface area contributed by atoms with Gasteiger partial charge in [-0.2, -0.15) is 5.10 Å². The van der Waals surface area contributed by atoms with Crippen LogP contribution in [0.3, 0.4) is 0 Å². The lowest BCUT2D eigenvalue weighted by atomic mass is 10.3. The van der Waals surface area contributed by atoms with Crippen molar-refractivity contribution >= 4 is 17.7 Å². The Labute approximate surface area is 110 Å². The molecule has 2 aromatic heterocycles. The predicted octanol–water partition coefficient (Wildman–Crippen LogP) is 1.48. The number of nitrogens with zero attached hydrogens (tertiary/aromatic N) is 3. The Morgan fingerprint density at radius 2 is 2.26 bits per heavy atom. The number of carbonyl (C=O) groups excluding carboxylic acids is 1. The number of rotatable bonds is 4. The van der Waals surface area contributed by atoms with Crippen LogP contribution in [-0.2, 0) is 11.8 Å². The first-order valence-corrected chi connectivity index (χ1v) is 5.65. The van der Waals surface area contributed by atoms with Crippen molar-refractivity contribution in [3.8, 4) is 5.88 Å². The van der Waals surface area contributed by atoms with Gasteiger partial charge in [-0.05, 0) is 12.1 Å².